The minimum Gasteiger partial charge on any atom is -0.333 e. The molecule has 7 heteroatoms. The highest BCUT2D eigenvalue weighted by Crippen LogP contribution is 2.37. The van der Waals surface area contributed by atoms with Crippen molar-refractivity contribution < 1.29 is 0 Å². The molecule has 2 aliphatic heterocycles. The number of pyridine rings is 1. The fourth-order valence-electron chi connectivity index (χ4n) is 4.31. The maximum Gasteiger partial charge on any atom is 0.190 e. The van der Waals surface area contributed by atoms with E-state index < -0.39 is 0 Å². The van der Waals surface area contributed by atoms with Crippen LogP contribution in [-0.2, 0) is 12.8 Å². The number of aryl methyl sites for hydroxylation is 2. The van der Waals surface area contributed by atoms with E-state index in [4.69, 9.17) is 9.98 Å². The molecule has 0 atom stereocenters. The second kappa shape index (κ2) is 9.38. The fourth-order valence-corrected chi connectivity index (χ4v) is 5.22. The van der Waals surface area contributed by atoms with E-state index in [1.807, 2.05) is 6.20 Å². The van der Waals surface area contributed by atoms with Gasteiger partial charge in [0.2, 0.25) is 0 Å². The number of aromatic nitrogens is 2. The Morgan fingerprint density at radius 2 is 1.91 bits per heavy atom. The number of nitrogens with one attached hydrogen (secondary N) is 1. The molecule has 1 N–H and O–H groups in total. The second-order valence-corrected chi connectivity index (χ2v) is 9.64. The molecule has 1 saturated heterocycles. The van der Waals surface area contributed by atoms with Crippen LogP contribution in [0.4, 0.5) is 21.6 Å². The number of hydrogen-bond acceptors (Lipinski definition) is 7. The third kappa shape index (κ3) is 4.84. The van der Waals surface area contributed by atoms with Crippen LogP contribution in [0.25, 0.3) is 0 Å². The van der Waals surface area contributed by atoms with Gasteiger partial charge >= 0.3 is 0 Å². The van der Waals surface area contributed by atoms with Crippen LogP contribution in [0.1, 0.15) is 36.1 Å². The van der Waals surface area contributed by atoms with Crippen molar-refractivity contribution in [3.8, 4) is 0 Å². The molecule has 2 aliphatic rings. The highest BCUT2D eigenvalue weighted by atomic mass is 32.1. The predicted octanol–water partition coefficient (Wildman–Crippen LogP) is 5.34. The highest BCUT2D eigenvalue weighted by Gasteiger charge is 2.20. The molecule has 0 saturated carbocycles. The Kier molecular flexibility index (Phi) is 6.19. The molecule has 6 nitrogen and oxygen atoms in total. The molecule has 1 aromatic carbocycles. The van der Waals surface area contributed by atoms with Crippen molar-refractivity contribution in [3.05, 3.63) is 59.4 Å². The van der Waals surface area contributed by atoms with Gasteiger partial charge in [0.25, 0.3) is 0 Å². The van der Waals surface area contributed by atoms with Crippen LogP contribution < -0.4 is 10.2 Å². The smallest absolute Gasteiger partial charge is 0.190 e. The third-order valence-electron chi connectivity index (χ3n) is 6.28. The average Bonchev–Trinajstić information content (AvgIpc) is 3.47. The maximum absolute atomic E-state index is 4.93. The Balaban J connectivity index is 1.26. The van der Waals surface area contributed by atoms with Crippen molar-refractivity contribution in [2.24, 2.45) is 4.99 Å². The van der Waals surface area contributed by atoms with Crippen LogP contribution in [0.3, 0.4) is 0 Å². The van der Waals surface area contributed by atoms with Gasteiger partial charge in [-0.25, -0.2) is 15.0 Å². The first-order valence-corrected chi connectivity index (χ1v) is 12.3. The third-order valence-corrected chi connectivity index (χ3v) is 7.18. The van der Waals surface area contributed by atoms with Gasteiger partial charge in [-0.1, -0.05) is 29.0 Å². The van der Waals surface area contributed by atoms with Gasteiger partial charge in [0.05, 0.1) is 5.69 Å². The minimum atomic E-state index is 0.857. The first-order valence-electron chi connectivity index (χ1n) is 11.5. The number of fused-ring (bicyclic) bond motifs is 1. The van der Waals surface area contributed by atoms with Crippen molar-refractivity contribution in [2.75, 3.05) is 36.9 Å². The number of nitrogens with zero attached hydrogens (tertiary/aromatic N) is 5. The van der Waals surface area contributed by atoms with E-state index in [0.717, 1.165) is 59.0 Å². The lowest BCUT2D eigenvalue weighted by Gasteiger charge is -2.23. The Bertz CT molecular complexity index is 1100. The van der Waals surface area contributed by atoms with E-state index in [0.29, 0.717) is 0 Å². The summed E-state index contributed by atoms with van der Waals surface area (Å²) in [4.78, 5) is 19.0. The Hall–Kier alpha value is -2.77. The van der Waals surface area contributed by atoms with Crippen LogP contribution in [0.5, 0.6) is 0 Å². The summed E-state index contributed by atoms with van der Waals surface area (Å²) in [5, 5.41) is 5.27. The standard InChI is InChI=1S/C25H30N6S/c1-18-5-7-20(8-6-18)30(2)23-10-9-21-24(29-23)32-25(27-21)28-22-17-19(11-13-26-22)12-16-31-14-3-4-15-31/h5-8,11,13,17H,3-4,9-10,12,14-16H2,1-2H3,(H,26,27,28). The van der Waals surface area contributed by atoms with Gasteiger partial charge in [-0.2, -0.15) is 0 Å². The number of anilines is 3. The molecule has 3 aromatic rings. The summed E-state index contributed by atoms with van der Waals surface area (Å²) in [5.41, 5.74) is 4.82. The molecular formula is C25H30N6S. The monoisotopic (exact) mass is 446 g/mol. The fraction of sp³-hybridized carbons (Fsp3) is 0.400. The lowest BCUT2D eigenvalue weighted by Crippen LogP contribution is -2.27. The van der Waals surface area contributed by atoms with Gasteiger partial charge in [-0.3, -0.25) is 0 Å². The molecule has 166 valence electrons. The molecule has 5 rings (SSSR count). The first kappa shape index (κ1) is 21.1. The summed E-state index contributed by atoms with van der Waals surface area (Å²) >= 11 is 1.60. The minimum absolute atomic E-state index is 0.857. The van der Waals surface area contributed by atoms with Crippen molar-refractivity contribution in [1.29, 1.82) is 0 Å². The molecular weight excluding hydrogens is 416 g/mol. The van der Waals surface area contributed by atoms with Gasteiger partial charge in [0.15, 0.2) is 5.13 Å². The van der Waals surface area contributed by atoms with Crippen molar-refractivity contribution >= 4 is 38.8 Å². The van der Waals surface area contributed by atoms with Gasteiger partial charge in [0.1, 0.15) is 16.7 Å². The van der Waals surface area contributed by atoms with Gasteiger partial charge in [0, 0.05) is 31.9 Å². The zero-order valence-corrected chi connectivity index (χ0v) is 19.7. The topological polar surface area (TPSA) is 56.6 Å². The number of thiazole rings is 1. The van der Waals surface area contributed by atoms with Crippen LogP contribution in [0.15, 0.2) is 47.6 Å². The van der Waals surface area contributed by atoms with E-state index >= 15 is 0 Å². The van der Waals surface area contributed by atoms with E-state index in [-0.39, 0.29) is 0 Å². The second-order valence-electron chi connectivity index (χ2n) is 8.67. The van der Waals surface area contributed by atoms with Crippen LogP contribution >= 0.6 is 11.3 Å². The summed E-state index contributed by atoms with van der Waals surface area (Å²) in [6.07, 6.45) is 7.43. The molecule has 1 fully saturated rings. The Labute approximate surface area is 194 Å². The molecule has 0 aliphatic carbocycles. The summed E-state index contributed by atoms with van der Waals surface area (Å²) < 4.78 is 0. The zero-order chi connectivity index (χ0) is 21.9. The maximum atomic E-state index is 4.93. The predicted molar refractivity (Wildman–Crippen MR) is 134 cm³/mol. The normalized spacial score (nSPS) is 16.0. The average molecular weight is 447 g/mol. The van der Waals surface area contributed by atoms with Crippen LogP contribution in [0.2, 0.25) is 0 Å². The van der Waals surface area contributed by atoms with Gasteiger partial charge in [-0.05, 0) is 75.5 Å². The van der Waals surface area contributed by atoms with Crippen LogP contribution in [-0.4, -0.2) is 47.4 Å². The zero-order valence-electron chi connectivity index (χ0n) is 18.8. The van der Waals surface area contributed by atoms with E-state index in [2.05, 4.69) is 70.5 Å². The molecule has 0 unspecified atom stereocenters. The quantitative estimate of drug-likeness (QED) is 0.554. The highest BCUT2D eigenvalue weighted by molar-refractivity contribution is 7.19. The number of aliphatic imine (C=N–C) groups is 1. The molecule has 4 heterocycles. The number of hydrogen-bond donors (Lipinski definition) is 1. The Morgan fingerprint density at radius 1 is 1.09 bits per heavy atom. The van der Waals surface area contributed by atoms with Crippen LogP contribution in [0, 0.1) is 6.92 Å². The molecule has 0 amide bonds. The van der Waals surface area contributed by atoms with Gasteiger partial charge in [-0.15, -0.1) is 0 Å². The molecule has 0 bridgehead atoms. The summed E-state index contributed by atoms with van der Waals surface area (Å²) in [7, 11) is 2.09. The lowest BCUT2D eigenvalue weighted by atomic mass is 10.1. The molecule has 0 spiro atoms. The largest absolute Gasteiger partial charge is 0.333 e. The van der Waals surface area contributed by atoms with E-state index in [9.17, 15) is 0 Å². The number of rotatable bonds is 6. The van der Waals surface area contributed by atoms with E-state index in [1.54, 1.807) is 11.3 Å². The summed E-state index contributed by atoms with van der Waals surface area (Å²) in [6.45, 7) is 5.71. The van der Waals surface area contributed by atoms with Gasteiger partial charge < -0.3 is 15.1 Å². The summed E-state index contributed by atoms with van der Waals surface area (Å²) in [6, 6.07) is 12.8. The molecule has 2 aromatic heterocycles. The van der Waals surface area contributed by atoms with Crippen molar-refractivity contribution in [2.45, 2.75) is 39.0 Å². The SMILES string of the molecule is Cc1ccc(N(C)C2=Nc3sc(Nc4cc(CCN5CCCC5)ccn4)nc3CC2)cc1. The van der Waals surface area contributed by atoms with E-state index in [1.165, 1.54) is 37.1 Å². The Morgan fingerprint density at radius 3 is 2.72 bits per heavy atom. The molecule has 0 radical (unpaired) electrons. The summed E-state index contributed by atoms with van der Waals surface area (Å²) in [5.74, 6) is 1.94. The number of benzene rings is 1. The number of likely N-dealkylation sites (tertiary alicyclic amines) is 1. The van der Waals surface area contributed by atoms with Crippen molar-refractivity contribution in [3.63, 3.8) is 0 Å². The molecule has 32 heavy (non-hydrogen) atoms. The number of amidine groups is 1. The van der Waals surface area contributed by atoms with Crippen molar-refractivity contribution in [1.82, 2.24) is 14.9 Å². The lowest BCUT2D eigenvalue weighted by molar-refractivity contribution is 0.343. The first-order chi connectivity index (χ1) is 15.6.